The van der Waals surface area contributed by atoms with Crippen LogP contribution in [-0.4, -0.2) is 27.4 Å². The van der Waals surface area contributed by atoms with Gasteiger partial charge in [-0.15, -0.1) is 0 Å². The zero-order chi connectivity index (χ0) is 24.5. The van der Waals surface area contributed by atoms with Crippen molar-refractivity contribution in [3.8, 4) is 0 Å². The molecule has 35 heavy (non-hydrogen) atoms. The molecule has 1 aromatic heterocycles. The van der Waals surface area contributed by atoms with E-state index in [1.165, 1.54) is 13.2 Å². The molecule has 1 amide bonds. The number of hydrogen-bond donors (Lipinski definition) is 2. The molecule has 4 aromatic carbocycles. The van der Waals surface area contributed by atoms with Crippen molar-refractivity contribution in [2.24, 2.45) is 0 Å². The number of methoxy groups -OCH3 is 1. The Morgan fingerprint density at radius 2 is 1.71 bits per heavy atom. The highest BCUT2D eigenvalue weighted by molar-refractivity contribution is 7.93. The zero-order valence-corrected chi connectivity index (χ0v) is 19.4. The topological polar surface area (TPSA) is 115 Å². The van der Waals surface area contributed by atoms with Crippen molar-refractivity contribution in [1.82, 2.24) is 0 Å². The minimum Gasteiger partial charge on any atom is -0.465 e. The first-order valence-corrected chi connectivity index (χ1v) is 12.2. The summed E-state index contributed by atoms with van der Waals surface area (Å²) >= 11 is 0. The Hall–Kier alpha value is -4.37. The van der Waals surface area contributed by atoms with Gasteiger partial charge in [-0.25, -0.2) is 13.2 Å². The van der Waals surface area contributed by atoms with Gasteiger partial charge in [-0.1, -0.05) is 36.4 Å². The molecule has 5 aromatic rings. The summed E-state index contributed by atoms with van der Waals surface area (Å²) in [4.78, 5) is 24.7. The van der Waals surface area contributed by atoms with E-state index in [2.05, 4.69) is 10.0 Å². The summed E-state index contributed by atoms with van der Waals surface area (Å²) in [6.45, 7) is 1.66. The maximum atomic E-state index is 13.7. The number of hydrogen-bond acceptors (Lipinski definition) is 6. The lowest BCUT2D eigenvalue weighted by Crippen LogP contribution is -2.14. The van der Waals surface area contributed by atoms with E-state index in [1.807, 2.05) is 6.07 Å². The van der Waals surface area contributed by atoms with E-state index in [1.54, 1.807) is 55.5 Å². The van der Waals surface area contributed by atoms with E-state index < -0.39 is 16.0 Å². The number of fused-ring (bicyclic) bond motifs is 3. The summed E-state index contributed by atoms with van der Waals surface area (Å²) in [5, 5.41) is 5.47. The molecule has 0 atom stereocenters. The molecule has 9 heteroatoms. The highest BCUT2D eigenvalue weighted by atomic mass is 32.2. The van der Waals surface area contributed by atoms with Crippen molar-refractivity contribution < 1.29 is 27.2 Å². The van der Waals surface area contributed by atoms with Crippen LogP contribution >= 0.6 is 0 Å². The number of carbonyl (C=O) groups excluding carboxylic acids is 2. The first-order valence-electron chi connectivity index (χ1n) is 10.7. The van der Waals surface area contributed by atoms with Crippen molar-refractivity contribution in [1.29, 1.82) is 0 Å². The predicted molar refractivity (Wildman–Crippen MR) is 133 cm³/mol. The van der Waals surface area contributed by atoms with Crippen LogP contribution in [-0.2, 0) is 14.8 Å². The summed E-state index contributed by atoms with van der Waals surface area (Å²) in [6, 6.07) is 16.8. The van der Waals surface area contributed by atoms with Crippen molar-refractivity contribution in [2.75, 3.05) is 17.1 Å². The van der Waals surface area contributed by atoms with Crippen LogP contribution in [0.15, 0.2) is 70.0 Å². The van der Waals surface area contributed by atoms with Crippen LogP contribution in [0.4, 0.5) is 11.4 Å². The number of sulfonamides is 1. The maximum absolute atomic E-state index is 13.7. The molecule has 8 nitrogen and oxygen atoms in total. The van der Waals surface area contributed by atoms with E-state index in [-0.39, 0.29) is 22.1 Å². The Bertz CT molecular complexity index is 1850. The van der Waals surface area contributed by atoms with Crippen LogP contribution in [0, 0.1) is 6.92 Å². The average molecular weight is 487 g/mol. The molecule has 1 aliphatic heterocycles. The first kappa shape index (κ1) is 21.2. The van der Waals surface area contributed by atoms with Crippen LogP contribution < -0.4 is 10.0 Å². The molecule has 0 spiro atoms. The van der Waals surface area contributed by atoms with Gasteiger partial charge in [0.1, 0.15) is 16.9 Å². The van der Waals surface area contributed by atoms with E-state index >= 15 is 0 Å². The minimum absolute atomic E-state index is 0.0374. The van der Waals surface area contributed by atoms with Gasteiger partial charge in [0.2, 0.25) is 0 Å². The molecule has 0 saturated carbocycles. The van der Waals surface area contributed by atoms with Gasteiger partial charge in [0.15, 0.2) is 0 Å². The molecule has 2 heterocycles. The second-order valence-electron chi connectivity index (χ2n) is 8.27. The number of ether oxygens (including phenoxy) is 1. The molecule has 0 saturated heterocycles. The maximum Gasteiger partial charge on any atom is 0.342 e. The molecule has 6 rings (SSSR count). The monoisotopic (exact) mass is 486 g/mol. The highest BCUT2D eigenvalue weighted by Gasteiger charge is 2.28. The molecule has 1 aliphatic rings. The van der Waals surface area contributed by atoms with Crippen molar-refractivity contribution in [3.63, 3.8) is 0 Å². The van der Waals surface area contributed by atoms with Gasteiger partial charge < -0.3 is 14.5 Å². The molecular formula is C26H18N2O6S. The number of amides is 1. The number of aryl methyl sites for hydroxylation is 1. The third-order valence-electron chi connectivity index (χ3n) is 6.29. The Morgan fingerprint density at radius 3 is 2.49 bits per heavy atom. The number of rotatable bonds is 4. The second-order valence-corrected chi connectivity index (χ2v) is 9.92. The lowest BCUT2D eigenvalue weighted by atomic mass is 10.0. The van der Waals surface area contributed by atoms with Gasteiger partial charge in [-0.3, -0.25) is 9.52 Å². The fourth-order valence-electron chi connectivity index (χ4n) is 4.78. The quantitative estimate of drug-likeness (QED) is 0.338. The molecule has 0 radical (unpaired) electrons. The summed E-state index contributed by atoms with van der Waals surface area (Å²) < 4.78 is 40.8. The highest BCUT2D eigenvalue weighted by Crippen LogP contribution is 2.40. The van der Waals surface area contributed by atoms with E-state index in [9.17, 15) is 18.0 Å². The van der Waals surface area contributed by atoms with E-state index in [4.69, 9.17) is 9.15 Å². The Morgan fingerprint density at radius 1 is 0.971 bits per heavy atom. The minimum atomic E-state index is -4.09. The van der Waals surface area contributed by atoms with Crippen molar-refractivity contribution in [2.45, 2.75) is 11.8 Å². The molecular weight excluding hydrogens is 468 g/mol. The van der Waals surface area contributed by atoms with Crippen LogP contribution in [0.3, 0.4) is 0 Å². The largest absolute Gasteiger partial charge is 0.465 e. The van der Waals surface area contributed by atoms with E-state index in [0.717, 1.165) is 0 Å². The second kappa shape index (κ2) is 7.31. The lowest BCUT2D eigenvalue weighted by molar-refractivity contribution is 0.0600. The fourth-order valence-corrected chi connectivity index (χ4v) is 6.05. The number of nitrogens with one attached hydrogen (secondary N) is 2. The van der Waals surface area contributed by atoms with Crippen molar-refractivity contribution >= 4 is 65.8 Å². The SMILES string of the molecule is COC(=O)c1c(C)oc2c1cc(NS(=O)(=O)c1ccc3c4c(cccc14)C(=O)N3)c1ccccc12. The third kappa shape index (κ3) is 3.01. The molecule has 0 unspecified atom stereocenters. The van der Waals surface area contributed by atoms with Gasteiger partial charge in [0.25, 0.3) is 15.9 Å². The Balaban J connectivity index is 1.58. The Kier molecular flexibility index (Phi) is 4.43. The van der Waals surface area contributed by atoms with Crippen LogP contribution in [0.5, 0.6) is 0 Å². The summed E-state index contributed by atoms with van der Waals surface area (Å²) in [6.07, 6.45) is 0. The summed E-state index contributed by atoms with van der Waals surface area (Å²) in [5.74, 6) is -0.466. The summed E-state index contributed by atoms with van der Waals surface area (Å²) in [5.41, 5.74) is 2.00. The number of benzene rings is 4. The number of anilines is 2. The van der Waals surface area contributed by atoms with Crippen LogP contribution in [0.2, 0.25) is 0 Å². The molecule has 174 valence electrons. The van der Waals surface area contributed by atoms with Crippen molar-refractivity contribution in [3.05, 3.63) is 77.6 Å². The number of esters is 1. The standard InChI is InChI=1S/C26H18N2O6S/c1-13-22(26(30)33-2)18-12-20(14-6-3-4-7-15(14)24(18)34-13)28-35(31,32)21-11-10-19-23-16(21)8-5-9-17(23)25(29)27-19/h3-12,28H,1-2H3,(H,27,29). The van der Waals surface area contributed by atoms with E-state index in [0.29, 0.717) is 49.5 Å². The smallest absolute Gasteiger partial charge is 0.342 e. The third-order valence-corrected chi connectivity index (χ3v) is 7.71. The Labute approximate surface area is 199 Å². The van der Waals surface area contributed by atoms with Gasteiger partial charge >= 0.3 is 5.97 Å². The fraction of sp³-hybridized carbons (Fsp3) is 0.0769. The number of carbonyl (C=O) groups is 2. The van der Waals surface area contributed by atoms with Gasteiger partial charge in [-0.05, 0) is 31.2 Å². The molecule has 0 aliphatic carbocycles. The molecule has 0 fully saturated rings. The number of furan rings is 1. The van der Waals surface area contributed by atoms with Gasteiger partial charge in [-0.2, -0.15) is 0 Å². The van der Waals surface area contributed by atoms with Crippen LogP contribution in [0.25, 0.3) is 32.5 Å². The normalized spacial score (nSPS) is 12.9. The average Bonchev–Trinajstić information content (AvgIpc) is 3.36. The lowest BCUT2D eigenvalue weighted by Gasteiger charge is -2.14. The molecule has 2 N–H and O–H groups in total. The van der Waals surface area contributed by atoms with Crippen LogP contribution in [0.1, 0.15) is 26.5 Å². The predicted octanol–water partition coefficient (Wildman–Crippen LogP) is 5.20. The van der Waals surface area contributed by atoms with Gasteiger partial charge in [0, 0.05) is 38.2 Å². The van der Waals surface area contributed by atoms with Gasteiger partial charge in [0.05, 0.1) is 17.7 Å². The first-order chi connectivity index (χ1) is 16.8. The molecule has 0 bridgehead atoms. The zero-order valence-electron chi connectivity index (χ0n) is 18.6. The summed E-state index contributed by atoms with van der Waals surface area (Å²) in [7, 11) is -2.81.